The lowest BCUT2D eigenvalue weighted by Crippen LogP contribution is -2.40. The largest absolute Gasteiger partial charge is 0.480 e. The molecule has 21 heavy (non-hydrogen) atoms. The van der Waals surface area contributed by atoms with Crippen LogP contribution in [-0.4, -0.2) is 53.5 Å². The van der Waals surface area contributed by atoms with Crippen molar-refractivity contribution in [3.63, 3.8) is 0 Å². The average Bonchev–Trinajstić information content (AvgIpc) is 2.40. The molecule has 1 N–H and O–H groups in total. The summed E-state index contributed by atoms with van der Waals surface area (Å²) in [5, 5.41) is 8.79. The maximum atomic E-state index is 12.1. The molecule has 0 unspecified atom stereocenters. The van der Waals surface area contributed by atoms with Crippen LogP contribution < -0.4 is 0 Å². The van der Waals surface area contributed by atoms with Gasteiger partial charge in [-0.15, -0.1) is 6.42 Å². The summed E-state index contributed by atoms with van der Waals surface area (Å²) in [6, 6.07) is 7.62. The van der Waals surface area contributed by atoms with Crippen LogP contribution in [0.15, 0.2) is 28.7 Å². The van der Waals surface area contributed by atoms with Gasteiger partial charge in [0.2, 0.25) is 5.91 Å². The van der Waals surface area contributed by atoms with E-state index in [9.17, 15) is 9.59 Å². The highest BCUT2D eigenvalue weighted by Gasteiger charge is 2.16. The second-order valence-corrected chi connectivity index (χ2v) is 5.44. The first-order valence-corrected chi connectivity index (χ1v) is 7.08. The highest BCUT2D eigenvalue weighted by Crippen LogP contribution is 2.17. The van der Waals surface area contributed by atoms with Crippen LogP contribution in [0.4, 0.5) is 0 Å². The molecule has 0 aromatic heterocycles. The number of carbonyl (C=O) groups excluding carboxylic acids is 1. The van der Waals surface area contributed by atoms with Gasteiger partial charge in [0.1, 0.15) is 0 Å². The number of carboxylic acid groups (broad SMARTS) is 1. The van der Waals surface area contributed by atoms with Crippen LogP contribution in [0.3, 0.4) is 0 Å². The summed E-state index contributed by atoms with van der Waals surface area (Å²) >= 11 is 3.43. The van der Waals surface area contributed by atoms with E-state index in [1.165, 1.54) is 4.90 Å². The first-order chi connectivity index (χ1) is 9.93. The summed E-state index contributed by atoms with van der Waals surface area (Å²) < 4.78 is 0.927. The van der Waals surface area contributed by atoms with Gasteiger partial charge in [-0.25, -0.2) is 0 Å². The van der Waals surface area contributed by atoms with Gasteiger partial charge in [-0.1, -0.05) is 40.0 Å². The van der Waals surface area contributed by atoms with Crippen LogP contribution in [0.2, 0.25) is 0 Å². The molecular formula is C15H17BrN2O3. The topological polar surface area (TPSA) is 60.9 Å². The Balaban J connectivity index is 2.63. The van der Waals surface area contributed by atoms with Gasteiger partial charge in [0.05, 0.1) is 19.6 Å². The zero-order valence-electron chi connectivity index (χ0n) is 11.8. The number of halogens is 1. The monoisotopic (exact) mass is 352 g/mol. The minimum atomic E-state index is -1.01. The van der Waals surface area contributed by atoms with Crippen LogP contribution in [0.1, 0.15) is 5.56 Å². The van der Waals surface area contributed by atoms with E-state index in [4.69, 9.17) is 11.5 Å². The van der Waals surface area contributed by atoms with E-state index in [-0.39, 0.29) is 25.5 Å². The molecule has 0 heterocycles. The molecule has 5 nitrogen and oxygen atoms in total. The van der Waals surface area contributed by atoms with Crippen molar-refractivity contribution in [2.45, 2.75) is 6.54 Å². The molecule has 1 amide bonds. The molecule has 0 spiro atoms. The lowest BCUT2D eigenvalue weighted by atomic mass is 10.2. The second-order valence-electron chi connectivity index (χ2n) is 4.58. The van der Waals surface area contributed by atoms with Crippen molar-refractivity contribution in [3.8, 4) is 12.3 Å². The van der Waals surface area contributed by atoms with Crippen LogP contribution >= 0.6 is 15.9 Å². The SMILES string of the molecule is C#CCN(CC(=O)O)CC(=O)N(C)Cc1ccccc1Br. The third kappa shape index (κ3) is 5.98. The van der Waals surface area contributed by atoms with Crippen LogP contribution in [0.25, 0.3) is 0 Å². The van der Waals surface area contributed by atoms with E-state index < -0.39 is 5.97 Å². The molecule has 6 heteroatoms. The summed E-state index contributed by atoms with van der Waals surface area (Å²) in [4.78, 5) is 25.8. The number of rotatable bonds is 7. The highest BCUT2D eigenvalue weighted by atomic mass is 79.9. The smallest absolute Gasteiger partial charge is 0.317 e. The fraction of sp³-hybridized carbons (Fsp3) is 0.333. The van der Waals surface area contributed by atoms with Gasteiger partial charge in [0.25, 0.3) is 0 Å². The Morgan fingerprint density at radius 2 is 2.00 bits per heavy atom. The quantitative estimate of drug-likeness (QED) is 0.754. The summed E-state index contributed by atoms with van der Waals surface area (Å²) in [5.74, 6) is 1.17. The zero-order valence-corrected chi connectivity index (χ0v) is 13.3. The van der Waals surface area contributed by atoms with Gasteiger partial charge in [0, 0.05) is 18.1 Å². The van der Waals surface area contributed by atoms with E-state index in [2.05, 4.69) is 21.9 Å². The fourth-order valence-electron chi connectivity index (χ4n) is 1.77. The molecule has 0 aliphatic carbocycles. The summed E-state index contributed by atoms with van der Waals surface area (Å²) in [6.07, 6.45) is 5.18. The second kappa shape index (κ2) is 8.45. The predicted molar refractivity (Wildman–Crippen MR) is 83.5 cm³/mol. The maximum absolute atomic E-state index is 12.1. The van der Waals surface area contributed by atoms with Crippen molar-refractivity contribution in [1.29, 1.82) is 0 Å². The summed E-state index contributed by atoms with van der Waals surface area (Å²) in [6.45, 7) is 0.300. The molecule has 0 radical (unpaired) electrons. The number of benzene rings is 1. The lowest BCUT2D eigenvalue weighted by Gasteiger charge is -2.22. The minimum Gasteiger partial charge on any atom is -0.480 e. The number of amides is 1. The van der Waals surface area contributed by atoms with Crippen molar-refractivity contribution < 1.29 is 14.7 Å². The average molecular weight is 353 g/mol. The van der Waals surface area contributed by atoms with E-state index >= 15 is 0 Å². The van der Waals surface area contributed by atoms with Gasteiger partial charge in [-0.3, -0.25) is 14.5 Å². The van der Waals surface area contributed by atoms with Crippen LogP contribution in [-0.2, 0) is 16.1 Å². The normalized spacial score (nSPS) is 10.2. The van der Waals surface area contributed by atoms with Gasteiger partial charge in [-0.05, 0) is 11.6 Å². The Morgan fingerprint density at radius 3 is 2.57 bits per heavy atom. The third-order valence-electron chi connectivity index (χ3n) is 2.82. The zero-order chi connectivity index (χ0) is 15.8. The molecule has 0 bridgehead atoms. The maximum Gasteiger partial charge on any atom is 0.317 e. The molecule has 1 rings (SSSR count). The van der Waals surface area contributed by atoms with E-state index in [0.717, 1.165) is 10.0 Å². The van der Waals surface area contributed by atoms with Crippen molar-refractivity contribution in [2.24, 2.45) is 0 Å². The molecule has 0 aliphatic heterocycles. The molecule has 0 atom stereocenters. The molecule has 112 valence electrons. The van der Waals surface area contributed by atoms with Gasteiger partial charge >= 0.3 is 5.97 Å². The third-order valence-corrected chi connectivity index (χ3v) is 3.60. The van der Waals surface area contributed by atoms with Crippen LogP contribution in [0.5, 0.6) is 0 Å². The lowest BCUT2D eigenvalue weighted by molar-refractivity contribution is -0.139. The van der Waals surface area contributed by atoms with Crippen molar-refractivity contribution >= 4 is 27.8 Å². The number of terminal acetylenes is 1. The number of likely N-dealkylation sites (N-methyl/N-ethyl adjacent to an activating group) is 1. The highest BCUT2D eigenvalue weighted by molar-refractivity contribution is 9.10. The van der Waals surface area contributed by atoms with Crippen molar-refractivity contribution in [3.05, 3.63) is 34.3 Å². The number of carbonyl (C=O) groups is 2. The summed E-state index contributed by atoms with van der Waals surface area (Å²) in [7, 11) is 1.68. The molecule has 1 aromatic rings. The number of aliphatic carboxylic acids is 1. The summed E-state index contributed by atoms with van der Waals surface area (Å²) in [5.41, 5.74) is 0.982. The van der Waals surface area contributed by atoms with Gasteiger partial charge in [0.15, 0.2) is 0 Å². The molecule has 0 aliphatic rings. The number of hydrogen-bond acceptors (Lipinski definition) is 3. The van der Waals surface area contributed by atoms with E-state index in [1.54, 1.807) is 11.9 Å². The van der Waals surface area contributed by atoms with Gasteiger partial charge in [-0.2, -0.15) is 0 Å². The number of carboxylic acids is 1. The molecule has 1 aromatic carbocycles. The van der Waals surface area contributed by atoms with Crippen LogP contribution in [0, 0.1) is 12.3 Å². The molecule has 0 saturated carbocycles. The molecule has 0 saturated heterocycles. The Kier molecular flexibility index (Phi) is 6.92. The standard InChI is InChI=1S/C15H17BrN2O3/c1-3-8-18(11-15(20)21)10-14(19)17(2)9-12-6-4-5-7-13(12)16/h1,4-7H,8-11H2,2H3,(H,20,21). The van der Waals surface area contributed by atoms with Crippen molar-refractivity contribution in [2.75, 3.05) is 26.7 Å². The first kappa shape index (κ1) is 17.2. The number of nitrogens with zero attached hydrogens (tertiary/aromatic N) is 2. The van der Waals surface area contributed by atoms with E-state index in [0.29, 0.717) is 6.54 Å². The first-order valence-electron chi connectivity index (χ1n) is 6.29. The Bertz CT molecular complexity index is 554. The Labute approximate surface area is 132 Å². The fourth-order valence-corrected chi connectivity index (χ4v) is 2.18. The Hall–Kier alpha value is -1.84. The number of hydrogen-bond donors (Lipinski definition) is 1. The van der Waals surface area contributed by atoms with Crippen molar-refractivity contribution in [1.82, 2.24) is 9.80 Å². The Morgan fingerprint density at radius 1 is 1.33 bits per heavy atom. The molecule has 0 fully saturated rings. The predicted octanol–water partition coefficient (Wildman–Crippen LogP) is 1.43. The van der Waals surface area contributed by atoms with Gasteiger partial charge < -0.3 is 10.0 Å². The molecular weight excluding hydrogens is 336 g/mol. The minimum absolute atomic E-state index is 0.0164. The van der Waals surface area contributed by atoms with E-state index in [1.807, 2.05) is 24.3 Å².